The summed E-state index contributed by atoms with van der Waals surface area (Å²) in [5.74, 6) is -0.121. The molecule has 2 aromatic heterocycles. The zero-order valence-corrected chi connectivity index (χ0v) is 12.5. The van der Waals surface area contributed by atoms with E-state index in [0.717, 1.165) is 21.5 Å². The van der Waals surface area contributed by atoms with Crippen molar-refractivity contribution >= 4 is 49.6 Å². The normalized spacial score (nSPS) is 14.3. The molecule has 0 spiro atoms. The molecule has 0 atom stereocenters. The van der Waals surface area contributed by atoms with Crippen LogP contribution in [-0.2, 0) is 17.8 Å². The molecule has 1 aliphatic rings. The SMILES string of the molecule is O=C(Nc1nc2c(s1)COCC2)c1sccc1Br. The van der Waals surface area contributed by atoms with E-state index in [1.807, 2.05) is 11.4 Å². The van der Waals surface area contributed by atoms with Crippen LogP contribution in [0.5, 0.6) is 0 Å². The van der Waals surface area contributed by atoms with Crippen LogP contribution in [0.1, 0.15) is 20.2 Å². The van der Waals surface area contributed by atoms with Crippen molar-refractivity contribution in [3.63, 3.8) is 0 Å². The van der Waals surface area contributed by atoms with E-state index >= 15 is 0 Å². The molecule has 1 aliphatic heterocycles. The second-order valence-corrected chi connectivity index (χ2v) is 6.60. The maximum absolute atomic E-state index is 12.0. The molecule has 7 heteroatoms. The standard InChI is InChI=1S/C11H9BrN2O2S2/c12-6-2-4-17-9(6)10(15)14-11-13-7-1-3-16-5-8(7)18-11/h2,4H,1,3,5H2,(H,13,14,15). The molecule has 1 N–H and O–H groups in total. The number of nitrogens with zero attached hydrogens (tertiary/aromatic N) is 1. The Morgan fingerprint density at radius 2 is 2.44 bits per heavy atom. The van der Waals surface area contributed by atoms with Crippen molar-refractivity contribution in [1.82, 2.24) is 4.98 Å². The highest BCUT2D eigenvalue weighted by atomic mass is 79.9. The molecule has 0 aliphatic carbocycles. The Labute approximate surface area is 120 Å². The Morgan fingerprint density at radius 1 is 1.56 bits per heavy atom. The smallest absolute Gasteiger partial charge is 0.268 e. The molecule has 94 valence electrons. The lowest BCUT2D eigenvalue weighted by Gasteiger charge is -2.08. The molecule has 1 amide bonds. The number of anilines is 1. The summed E-state index contributed by atoms with van der Waals surface area (Å²) in [7, 11) is 0. The molecule has 0 aromatic carbocycles. The first kappa shape index (κ1) is 12.3. The van der Waals surface area contributed by atoms with Crippen molar-refractivity contribution in [1.29, 1.82) is 0 Å². The Kier molecular flexibility index (Phi) is 3.47. The van der Waals surface area contributed by atoms with Gasteiger partial charge in [0.15, 0.2) is 5.13 Å². The average molecular weight is 345 g/mol. The summed E-state index contributed by atoms with van der Waals surface area (Å²) in [6.07, 6.45) is 0.824. The van der Waals surface area contributed by atoms with Crippen LogP contribution in [0.4, 0.5) is 5.13 Å². The number of nitrogens with one attached hydrogen (secondary N) is 1. The molecule has 0 unspecified atom stereocenters. The van der Waals surface area contributed by atoms with Crippen LogP contribution >= 0.6 is 38.6 Å². The third kappa shape index (κ3) is 2.35. The summed E-state index contributed by atoms with van der Waals surface area (Å²) in [6, 6.07) is 1.86. The van der Waals surface area contributed by atoms with E-state index in [0.29, 0.717) is 23.2 Å². The van der Waals surface area contributed by atoms with Crippen molar-refractivity contribution in [2.75, 3.05) is 11.9 Å². The largest absolute Gasteiger partial charge is 0.375 e. The fourth-order valence-electron chi connectivity index (χ4n) is 1.69. The van der Waals surface area contributed by atoms with Gasteiger partial charge in [0.05, 0.1) is 23.8 Å². The van der Waals surface area contributed by atoms with Gasteiger partial charge in [0.1, 0.15) is 4.88 Å². The Morgan fingerprint density at radius 3 is 3.17 bits per heavy atom. The van der Waals surface area contributed by atoms with Gasteiger partial charge < -0.3 is 4.74 Å². The zero-order chi connectivity index (χ0) is 12.5. The molecule has 4 nitrogen and oxygen atoms in total. The quantitative estimate of drug-likeness (QED) is 0.909. The highest BCUT2D eigenvalue weighted by Crippen LogP contribution is 2.29. The van der Waals surface area contributed by atoms with E-state index in [1.165, 1.54) is 22.7 Å². The van der Waals surface area contributed by atoms with Gasteiger partial charge in [-0.2, -0.15) is 0 Å². The summed E-state index contributed by atoms with van der Waals surface area (Å²) in [6.45, 7) is 1.31. The van der Waals surface area contributed by atoms with Gasteiger partial charge in [-0.15, -0.1) is 11.3 Å². The van der Waals surface area contributed by atoms with E-state index < -0.39 is 0 Å². The molecule has 18 heavy (non-hydrogen) atoms. The van der Waals surface area contributed by atoms with Crippen molar-refractivity contribution < 1.29 is 9.53 Å². The molecule has 3 rings (SSSR count). The van der Waals surface area contributed by atoms with Crippen LogP contribution < -0.4 is 5.32 Å². The van der Waals surface area contributed by atoms with E-state index in [1.54, 1.807) is 0 Å². The van der Waals surface area contributed by atoms with Crippen LogP contribution in [0.2, 0.25) is 0 Å². The number of amides is 1. The molecule has 0 bridgehead atoms. The number of carbonyl (C=O) groups excluding carboxylic acids is 1. The first-order valence-electron chi connectivity index (χ1n) is 5.34. The lowest BCUT2D eigenvalue weighted by atomic mass is 10.2. The summed E-state index contributed by atoms with van der Waals surface area (Å²) in [5, 5.41) is 5.36. The second-order valence-electron chi connectivity index (χ2n) is 3.74. The van der Waals surface area contributed by atoms with Gasteiger partial charge in [-0.1, -0.05) is 11.3 Å². The fourth-order valence-corrected chi connectivity index (χ4v) is 4.08. The van der Waals surface area contributed by atoms with E-state index in [4.69, 9.17) is 4.74 Å². The maximum Gasteiger partial charge on any atom is 0.268 e. The van der Waals surface area contributed by atoms with Gasteiger partial charge in [-0.3, -0.25) is 10.1 Å². The number of hydrogen-bond acceptors (Lipinski definition) is 5. The molecular formula is C11H9BrN2O2S2. The van der Waals surface area contributed by atoms with Gasteiger partial charge in [-0.05, 0) is 27.4 Å². The minimum Gasteiger partial charge on any atom is -0.375 e. The molecular weight excluding hydrogens is 336 g/mol. The number of thiophene rings is 1. The molecule has 0 fully saturated rings. The monoisotopic (exact) mass is 344 g/mol. The van der Waals surface area contributed by atoms with Gasteiger partial charge in [0.25, 0.3) is 5.91 Å². The summed E-state index contributed by atoms with van der Waals surface area (Å²) >= 11 is 6.24. The number of aromatic nitrogens is 1. The Bertz CT molecular complexity index is 570. The fraction of sp³-hybridized carbons (Fsp3) is 0.273. The molecule has 2 aromatic rings. The number of ether oxygens (including phenoxy) is 1. The number of thiazole rings is 1. The van der Waals surface area contributed by atoms with Crippen LogP contribution in [0.25, 0.3) is 0 Å². The maximum atomic E-state index is 12.0. The number of halogens is 1. The summed E-state index contributed by atoms with van der Waals surface area (Å²) < 4.78 is 6.17. The van der Waals surface area contributed by atoms with E-state index in [2.05, 4.69) is 26.2 Å². The predicted molar refractivity (Wildman–Crippen MR) is 75.4 cm³/mol. The number of carbonyl (C=O) groups is 1. The molecule has 0 radical (unpaired) electrons. The lowest BCUT2D eigenvalue weighted by molar-refractivity contribution is 0.103. The molecule has 0 saturated heterocycles. The van der Waals surface area contributed by atoms with Crippen LogP contribution in [0.15, 0.2) is 15.9 Å². The third-order valence-electron chi connectivity index (χ3n) is 2.54. The Hall–Kier alpha value is -0.760. The van der Waals surface area contributed by atoms with Crippen LogP contribution in [0, 0.1) is 0 Å². The van der Waals surface area contributed by atoms with Crippen LogP contribution in [0.3, 0.4) is 0 Å². The van der Waals surface area contributed by atoms with Crippen molar-refractivity contribution in [2.45, 2.75) is 13.0 Å². The third-order valence-corrected chi connectivity index (χ3v) is 5.36. The lowest BCUT2D eigenvalue weighted by Crippen LogP contribution is -2.11. The van der Waals surface area contributed by atoms with E-state index in [9.17, 15) is 4.79 Å². The van der Waals surface area contributed by atoms with Gasteiger partial charge in [0, 0.05) is 10.9 Å². The molecule has 3 heterocycles. The van der Waals surface area contributed by atoms with E-state index in [-0.39, 0.29) is 5.91 Å². The number of hydrogen-bond donors (Lipinski definition) is 1. The zero-order valence-electron chi connectivity index (χ0n) is 9.23. The number of rotatable bonds is 2. The second kappa shape index (κ2) is 5.08. The summed E-state index contributed by atoms with van der Waals surface area (Å²) in [5.41, 5.74) is 1.05. The first-order valence-corrected chi connectivity index (χ1v) is 7.83. The minimum absolute atomic E-state index is 0.121. The average Bonchev–Trinajstić information content (AvgIpc) is 2.94. The van der Waals surface area contributed by atoms with Crippen molar-refractivity contribution in [3.8, 4) is 0 Å². The van der Waals surface area contributed by atoms with Crippen molar-refractivity contribution in [2.24, 2.45) is 0 Å². The van der Waals surface area contributed by atoms with Gasteiger partial charge in [0.2, 0.25) is 0 Å². The van der Waals surface area contributed by atoms with Crippen LogP contribution in [-0.4, -0.2) is 17.5 Å². The topological polar surface area (TPSA) is 51.2 Å². The van der Waals surface area contributed by atoms with Crippen molar-refractivity contribution in [3.05, 3.63) is 31.4 Å². The van der Waals surface area contributed by atoms with Gasteiger partial charge >= 0.3 is 0 Å². The summed E-state index contributed by atoms with van der Waals surface area (Å²) in [4.78, 5) is 18.2. The first-order chi connectivity index (χ1) is 8.74. The highest BCUT2D eigenvalue weighted by molar-refractivity contribution is 9.10. The predicted octanol–water partition coefficient (Wildman–Crippen LogP) is 3.29. The molecule has 0 saturated carbocycles. The number of fused-ring (bicyclic) bond motifs is 1. The highest BCUT2D eigenvalue weighted by Gasteiger charge is 2.18. The minimum atomic E-state index is -0.121. The Balaban J connectivity index is 1.79. The van der Waals surface area contributed by atoms with Gasteiger partial charge in [-0.25, -0.2) is 4.98 Å².